The molecule has 11 aromatic rings. The molecule has 2 aliphatic rings. The van der Waals surface area contributed by atoms with Gasteiger partial charge in [-0.1, -0.05) is 121 Å². The van der Waals surface area contributed by atoms with Crippen LogP contribution in [0, 0.1) is 0 Å². The monoisotopic (exact) mass is 737 g/mol. The van der Waals surface area contributed by atoms with Gasteiger partial charge in [-0.3, -0.25) is 0 Å². The highest BCUT2D eigenvalue weighted by atomic mass is 16.3. The highest BCUT2D eigenvalue weighted by molar-refractivity contribution is 6.11. The summed E-state index contributed by atoms with van der Waals surface area (Å²) in [4.78, 5) is 0. The van der Waals surface area contributed by atoms with Gasteiger partial charge in [0, 0.05) is 27.2 Å². The Labute approximate surface area is 335 Å². The van der Waals surface area contributed by atoms with E-state index in [0.29, 0.717) is 0 Å². The number of rotatable bonds is 4. The minimum atomic E-state index is 0.915. The van der Waals surface area contributed by atoms with E-state index in [9.17, 15) is 0 Å². The average molecular weight is 738 g/mol. The highest BCUT2D eigenvalue weighted by Crippen LogP contribution is 2.44. The zero-order valence-corrected chi connectivity index (χ0v) is 31.7. The second kappa shape index (κ2) is 12.0. The van der Waals surface area contributed by atoms with Crippen LogP contribution in [0.1, 0.15) is 22.3 Å². The Morgan fingerprint density at radius 1 is 0.310 bits per heavy atom. The summed E-state index contributed by atoms with van der Waals surface area (Å²) >= 11 is 0. The van der Waals surface area contributed by atoms with Crippen LogP contribution in [0.2, 0.25) is 0 Å². The van der Waals surface area contributed by atoms with Crippen molar-refractivity contribution in [2.24, 2.45) is 0 Å². The van der Waals surface area contributed by atoms with Crippen molar-refractivity contribution in [3.05, 3.63) is 210 Å². The number of benzene rings is 9. The first-order chi connectivity index (χ1) is 28.7. The molecule has 2 heteroatoms. The first-order valence-electron chi connectivity index (χ1n) is 20.2. The summed E-state index contributed by atoms with van der Waals surface area (Å²) in [6.45, 7) is 0. The molecule has 0 atom stereocenters. The summed E-state index contributed by atoms with van der Waals surface area (Å²) in [6, 6.07) is 69.8. The third-order valence-electron chi connectivity index (χ3n) is 12.8. The van der Waals surface area contributed by atoms with Crippen LogP contribution >= 0.6 is 0 Å². The van der Waals surface area contributed by atoms with Gasteiger partial charge in [-0.15, -0.1) is 0 Å². The summed E-state index contributed by atoms with van der Waals surface area (Å²) in [5.74, 6) is 0. The maximum absolute atomic E-state index is 6.18. The van der Waals surface area contributed by atoms with Crippen LogP contribution < -0.4 is 0 Å². The fraction of sp³-hybridized carbons (Fsp3) is 0.0357. The van der Waals surface area contributed by atoms with Crippen molar-refractivity contribution < 1.29 is 4.42 Å². The van der Waals surface area contributed by atoms with Gasteiger partial charge in [0.25, 0.3) is 0 Å². The molecule has 13 rings (SSSR count). The van der Waals surface area contributed by atoms with E-state index in [1.54, 1.807) is 0 Å². The highest BCUT2D eigenvalue weighted by Gasteiger charge is 2.22. The minimum absolute atomic E-state index is 0.915. The number of nitrogens with zero attached hydrogens (tertiary/aromatic N) is 1. The van der Waals surface area contributed by atoms with E-state index in [-0.39, 0.29) is 0 Å². The van der Waals surface area contributed by atoms with Gasteiger partial charge in [-0.2, -0.15) is 0 Å². The summed E-state index contributed by atoms with van der Waals surface area (Å²) in [5.41, 5.74) is 23.6. The quantitative estimate of drug-likeness (QED) is 0.176. The number of aromatic nitrogens is 1. The van der Waals surface area contributed by atoms with Gasteiger partial charge in [0.1, 0.15) is 11.2 Å². The van der Waals surface area contributed by atoms with Crippen molar-refractivity contribution in [2.45, 2.75) is 12.8 Å². The smallest absolute Gasteiger partial charge is 0.135 e. The standard InChI is InChI=1S/C56H35NO/c1-3-11-45-38(9-1)25-40-19-17-36(30-49(40)45)42-27-43(37-18-20-41-26-39-10-2-4-12-46(39)50(41)31-37)29-44(28-42)57-53-15-7-5-13-47(53)51-32-34(21-23-54(51)57)35-22-24-56-52(33-35)48-14-6-8-16-55(48)58-56/h1-24,27-33H,25-26H2. The molecule has 0 fully saturated rings. The van der Waals surface area contributed by atoms with E-state index in [4.69, 9.17) is 4.42 Å². The second-order valence-corrected chi connectivity index (χ2v) is 16.1. The Balaban J connectivity index is 1.02. The van der Waals surface area contributed by atoms with E-state index in [1.807, 2.05) is 12.1 Å². The Kier molecular flexibility index (Phi) is 6.59. The van der Waals surface area contributed by atoms with Crippen LogP contribution in [0.5, 0.6) is 0 Å². The lowest BCUT2D eigenvalue weighted by atomic mass is 9.93. The lowest BCUT2D eigenvalue weighted by Crippen LogP contribution is -1.96. The summed E-state index contributed by atoms with van der Waals surface area (Å²) in [6.07, 6.45) is 1.98. The van der Waals surface area contributed by atoms with Gasteiger partial charge in [0.05, 0.1) is 11.0 Å². The Morgan fingerprint density at radius 2 is 0.810 bits per heavy atom. The van der Waals surface area contributed by atoms with Crippen molar-refractivity contribution in [3.63, 3.8) is 0 Å². The molecule has 0 bridgehead atoms. The average Bonchev–Trinajstić information content (AvgIpc) is 4.04. The van der Waals surface area contributed by atoms with Gasteiger partial charge < -0.3 is 8.98 Å². The van der Waals surface area contributed by atoms with Gasteiger partial charge in [0.2, 0.25) is 0 Å². The minimum Gasteiger partial charge on any atom is -0.456 e. The van der Waals surface area contributed by atoms with Crippen molar-refractivity contribution >= 4 is 43.7 Å². The number of hydrogen-bond acceptors (Lipinski definition) is 1. The first-order valence-corrected chi connectivity index (χ1v) is 20.2. The van der Waals surface area contributed by atoms with E-state index in [0.717, 1.165) is 40.5 Å². The zero-order chi connectivity index (χ0) is 37.9. The van der Waals surface area contributed by atoms with Crippen molar-refractivity contribution in [1.82, 2.24) is 4.57 Å². The lowest BCUT2D eigenvalue weighted by Gasteiger charge is -2.15. The molecule has 58 heavy (non-hydrogen) atoms. The molecule has 0 amide bonds. The molecule has 0 radical (unpaired) electrons. The summed E-state index contributed by atoms with van der Waals surface area (Å²) in [5, 5.41) is 4.77. The van der Waals surface area contributed by atoms with Crippen molar-refractivity contribution in [1.29, 1.82) is 0 Å². The van der Waals surface area contributed by atoms with Crippen LogP contribution in [0.3, 0.4) is 0 Å². The first kappa shape index (κ1) is 31.7. The van der Waals surface area contributed by atoms with Crippen LogP contribution in [-0.4, -0.2) is 4.57 Å². The van der Waals surface area contributed by atoms with Crippen molar-refractivity contribution in [3.8, 4) is 61.3 Å². The van der Waals surface area contributed by atoms with E-state index < -0.39 is 0 Å². The third kappa shape index (κ3) is 4.72. The number of para-hydroxylation sites is 2. The van der Waals surface area contributed by atoms with E-state index in [2.05, 4.69) is 180 Å². The molecule has 2 aliphatic carbocycles. The normalized spacial score (nSPS) is 12.7. The van der Waals surface area contributed by atoms with Gasteiger partial charge in [0.15, 0.2) is 0 Å². The lowest BCUT2D eigenvalue weighted by molar-refractivity contribution is 0.669. The zero-order valence-electron chi connectivity index (χ0n) is 31.7. The van der Waals surface area contributed by atoms with Crippen molar-refractivity contribution in [2.75, 3.05) is 0 Å². The molecule has 0 saturated carbocycles. The molecule has 0 unspecified atom stereocenters. The number of fused-ring (bicyclic) bond motifs is 12. The second-order valence-electron chi connectivity index (χ2n) is 16.1. The maximum atomic E-state index is 6.18. The van der Waals surface area contributed by atoms with Crippen LogP contribution in [0.25, 0.3) is 105 Å². The molecule has 2 aromatic heterocycles. The fourth-order valence-corrected chi connectivity index (χ4v) is 10.0. The Bertz CT molecular complexity index is 3410. The predicted octanol–water partition coefficient (Wildman–Crippen LogP) is 14.8. The number of furan rings is 1. The predicted molar refractivity (Wildman–Crippen MR) is 241 cm³/mol. The maximum Gasteiger partial charge on any atom is 0.135 e. The van der Waals surface area contributed by atoms with Gasteiger partial charge >= 0.3 is 0 Å². The van der Waals surface area contributed by atoms with Gasteiger partial charge in [-0.25, -0.2) is 0 Å². The van der Waals surface area contributed by atoms with Gasteiger partial charge in [-0.05, 0) is 157 Å². The molecule has 270 valence electrons. The molecule has 9 aromatic carbocycles. The topological polar surface area (TPSA) is 18.1 Å². The largest absolute Gasteiger partial charge is 0.456 e. The molecular weight excluding hydrogens is 703 g/mol. The van der Waals surface area contributed by atoms with E-state index >= 15 is 0 Å². The third-order valence-corrected chi connectivity index (χ3v) is 12.8. The van der Waals surface area contributed by atoms with Crippen LogP contribution in [0.4, 0.5) is 0 Å². The van der Waals surface area contributed by atoms with Crippen LogP contribution in [0.15, 0.2) is 192 Å². The Morgan fingerprint density at radius 3 is 1.52 bits per heavy atom. The molecule has 0 spiro atoms. The summed E-state index contributed by atoms with van der Waals surface area (Å²) in [7, 11) is 0. The fourth-order valence-electron chi connectivity index (χ4n) is 10.0. The van der Waals surface area contributed by atoms with Crippen LogP contribution in [-0.2, 0) is 12.8 Å². The number of hydrogen-bond donors (Lipinski definition) is 0. The van der Waals surface area contributed by atoms with E-state index in [1.165, 1.54) is 99.7 Å². The molecular formula is C56H35NO. The molecule has 0 saturated heterocycles. The molecule has 0 N–H and O–H groups in total. The Hall–Kier alpha value is -7.42. The molecule has 2 heterocycles. The SMILES string of the molecule is c1ccc2c(c1)Cc1ccc(-c3cc(-c4ccc5c(c4)-c4ccccc4C5)cc(-n4c5ccccc5c5cc(-c6ccc7oc8ccccc8c7c6)ccc54)c3)cc1-2. The summed E-state index contributed by atoms with van der Waals surface area (Å²) < 4.78 is 8.65. The molecule has 2 nitrogen and oxygen atoms in total. The molecule has 0 aliphatic heterocycles.